The molecule has 1 N–H and O–H groups in total. The van der Waals surface area contributed by atoms with Gasteiger partial charge < -0.3 is 14.8 Å². The van der Waals surface area contributed by atoms with Crippen LogP contribution in [0.15, 0.2) is 42.5 Å². The minimum Gasteiger partial charge on any atom is -0.495 e. The third-order valence-electron chi connectivity index (χ3n) is 4.90. The average Bonchev–Trinajstić information content (AvgIpc) is 3.01. The Morgan fingerprint density at radius 1 is 1.07 bits per heavy atom. The molecule has 30 heavy (non-hydrogen) atoms. The molecule has 0 aromatic heterocycles. The van der Waals surface area contributed by atoms with Crippen molar-refractivity contribution in [1.29, 1.82) is 0 Å². The first-order chi connectivity index (χ1) is 14.4. The number of nitrogens with one attached hydrogen (secondary N) is 1. The maximum absolute atomic E-state index is 12.6. The number of benzene rings is 2. The first kappa shape index (κ1) is 21.0. The van der Waals surface area contributed by atoms with Crippen LogP contribution >= 0.6 is 0 Å². The van der Waals surface area contributed by atoms with Gasteiger partial charge in [0, 0.05) is 6.04 Å². The molecule has 0 spiro atoms. The van der Waals surface area contributed by atoms with Gasteiger partial charge in [-0.3, -0.25) is 19.3 Å². The topological polar surface area (TPSA) is 102 Å². The van der Waals surface area contributed by atoms with Crippen LogP contribution in [0.4, 0.5) is 5.69 Å². The second kappa shape index (κ2) is 8.77. The van der Waals surface area contributed by atoms with Gasteiger partial charge in [0.25, 0.3) is 17.7 Å². The van der Waals surface area contributed by atoms with Gasteiger partial charge in [0.05, 0.1) is 29.5 Å². The Bertz CT molecular complexity index is 1020. The maximum atomic E-state index is 12.6. The van der Waals surface area contributed by atoms with Crippen molar-refractivity contribution in [3.8, 4) is 5.75 Å². The van der Waals surface area contributed by atoms with Gasteiger partial charge in [-0.25, -0.2) is 4.79 Å². The van der Waals surface area contributed by atoms with Crippen molar-refractivity contribution in [2.75, 3.05) is 19.0 Å². The number of nitrogens with zero attached hydrogens (tertiary/aromatic N) is 1. The lowest BCUT2D eigenvalue weighted by Crippen LogP contribution is -2.37. The van der Waals surface area contributed by atoms with Crippen LogP contribution in [-0.4, -0.2) is 48.3 Å². The highest BCUT2D eigenvalue weighted by Crippen LogP contribution is 2.27. The summed E-state index contributed by atoms with van der Waals surface area (Å²) in [5.41, 5.74) is 0.956. The number of methoxy groups -OCH3 is 1. The van der Waals surface area contributed by atoms with Crippen LogP contribution in [0, 0.1) is 0 Å². The van der Waals surface area contributed by atoms with Gasteiger partial charge >= 0.3 is 5.97 Å². The summed E-state index contributed by atoms with van der Waals surface area (Å²) in [6, 6.07) is 10.8. The molecule has 8 nitrogen and oxygen atoms in total. The highest BCUT2D eigenvalue weighted by Gasteiger charge is 2.38. The molecule has 1 heterocycles. The molecule has 1 aliphatic heterocycles. The summed E-state index contributed by atoms with van der Waals surface area (Å²) in [5.74, 6) is -1.64. The van der Waals surface area contributed by atoms with Gasteiger partial charge in [0.15, 0.2) is 6.61 Å². The van der Waals surface area contributed by atoms with Crippen molar-refractivity contribution >= 4 is 29.4 Å². The summed E-state index contributed by atoms with van der Waals surface area (Å²) >= 11 is 0. The summed E-state index contributed by atoms with van der Waals surface area (Å²) < 4.78 is 10.2. The lowest BCUT2D eigenvalue weighted by atomic mass is 10.1. The third-order valence-corrected chi connectivity index (χ3v) is 4.90. The second-order valence-electron chi connectivity index (χ2n) is 6.82. The van der Waals surface area contributed by atoms with E-state index in [0.29, 0.717) is 17.9 Å². The first-order valence-corrected chi connectivity index (χ1v) is 9.49. The SMILES string of the molecule is CC[C@@H](C)N1C(=O)c2ccc(C(=O)OCC(=O)Nc3ccccc3OC)cc2C1=O. The van der Waals surface area contributed by atoms with Gasteiger partial charge in [-0.05, 0) is 43.7 Å². The molecular formula is C22H22N2O6. The highest BCUT2D eigenvalue weighted by atomic mass is 16.5. The maximum Gasteiger partial charge on any atom is 0.338 e. The molecular weight excluding hydrogens is 388 g/mol. The number of rotatable bonds is 7. The Hall–Kier alpha value is -3.68. The molecule has 1 atom stereocenters. The van der Waals surface area contributed by atoms with Crippen LogP contribution in [0.25, 0.3) is 0 Å². The number of carbonyl (C=O) groups is 4. The largest absolute Gasteiger partial charge is 0.495 e. The molecule has 0 unspecified atom stereocenters. The minimum atomic E-state index is -0.768. The number of imide groups is 1. The van der Waals surface area contributed by atoms with Gasteiger partial charge in [-0.2, -0.15) is 0 Å². The van der Waals surface area contributed by atoms with E-state index in [-0.39, 0.29) is 28.6 Å². The van der Waals surface area contributed by atoms with Crippen molar-refractivity contribution in [3.05, 3.63) is 59.2 Å². The average molecular weight is 410 g/mol. The van der Waals surface area contributed by atoms with E-state index in [0.717, 1.165) is 0 Å². The fourth-order valence-electron chi connectivity index (χ4n) is 3.12. The van der Waals surface area contributed by atoms with E-state index in [1.54, 1.807) is 31.2 Å². The molecule has 0 aliphatic carbocycles. The second-order valence-corrected chi connectivity index (χ2v) is 6.82. The van der Waals surface area contributed by atoms with Crippen molar-refractivity contribution in [3.63, 3.8) is 0 Å². The Balaban J connectivity index is 1.66. The quantitative estimate of drug-likeness (QED) is 0.556. The van der Waals surface area contributed by atoms with Crippen molar-refractivity contribution in [1.82, 2.24) is 4.90 Å². The van der Waals surface area contributed by atoms with Crippen LogP contribution in [0.5, 0.6) is 5.75 Å². The molecule has 2 aromatic carbocycles. The van der Waals surface area contributed by atoms with Crippen molar-refractivity contribution < 1.29 is 28.7 Å². The van der Waals surface area contributed by atoms with E-state index in [9.17, 15) is 19.2 Å². The van der Waals surface area contributed by atoms with Gasteiger partial charge in [-0.1, -0.05) is 19.1 Å². The van der Waals surface area contributed by atoms with E-state index in [4.69, 9.17) is 9.47 Å². The van der Waals surface area contributed by atoms with Crippen LogP contribution in [0.2, 0.25) is 0 Å². The van der Waals surface area contributed by atoms with Crippen molar-refractivity contribution in [2.45, 2.75) is 26.3 Å². The number of hydrogen-bond acceptors (Lipinski definition) is 6. The number of fused-ring (bicyclic) bond motifs is 1. The Kier molecular flexibility index (Phi) is 6.15. The molecule has 156 valence electrons. The molecule has 0 saturated carbocycles. The van der Waals surface area contributed by atoms with Crippen LogP contribution in [-0.2, 0) is 9.53 Å². The van der Waals surface area contributed by atoms with Crippen LogP contribution in [0.3, 0.4) is 0 Å². The van der Waals surface area contributed by atoms with E-state index in [2.05, 4.69) is 5.32 Å². The predicted molar refractivity (Wildman–Crippen MR) is 109 cm³/mol. The minimum absolute atomic E-state index is 0.0889. The molecule has 2 aromatic rings. The third kappa shape index (κ3) is 4.03. The van der Waals surface area contributed by atoms with Crippen molar-refractivity contribution in [2.24, 2.45) is 0 Å². The summed E-state index contributed by atoms with van der Waals surface area (Å²) in [6.45, 7) is 3.16. The number of ether oxygens (including phenoxy) is 2. The van der Waals surface area contributed by atoms with E-state index < -0.39 is 24.4 Å². The zero-order chi connectivity index (χ0) is 21.8. The highest BCUT2D eigenvalue weighted by molar-refractivity contribution is 6.22. The molecule has 0 fully saturated rings. The number of hydrogen-bond donors (Lipinski definition) is 1. The predicted octanol–water partition coefficient (Wildman–Crippen LogP) is 2.89. The lowest BCUT2D eigenvalue weighted by Gasteiger charge is -2.20. The Labute approximate surface area is 173 Å². The summed E-state index contributed by atoms with van der Waals surface area (Å²) in [6.07, 6.45) is 0.627. The monoisotopic (exact) mass is 410 g/mol. The number of carbonyl (C=O) groups excluding carboxylic acids is 4. The molecule has 8 heteroatoms. The van der Waals surface area contributed by atoms with E-state index in [1.165, 1.54) is 30.2 Å². The van der Waals surface area contributed by atoms with Gasteiger partial charge in [-0.15, -0.1) is 0 Å². The molecule has 1 aliphatic rings. The van der Waals surface area contributed by atoms with Gasteiger partial charge in [0.1, 0.15) is 5.75 Å². The zero-order valence-corrected chi connectivity index (χ0v) is 16.9. The number of esters is 1. The molecule has 0 saturated heterocycles. The smallest absolute Gasteiger partial charge is 0.338 e. The zero-order valence-electron chi connectivity index (χ0n) is 16.9. The first-order valence-electron chi connectivity index (χ1n) is 9.49. The number of amides is 3. The standard InChI is InChI=1S/C22H22N2O6/c1-4-13(2)24-20(26)15-10-9-14(11-16(15)21(24)27)22(28)30-12-19(25)23-17-7-5-6-8-18(17)29-3/h5-11,13H,4,12H2,1-3H3,(H,23,25)/t13-/m1/s1. The fourth-order valence-corrected chi connectivity index (χ4v) is 3.12. The Morgan fingerprint density at radius 2 is 1.77 bits per heavy atom. The van der Waals surface area contributed by atoms with Crippen LogP contribution in [0.1, 0.15) is 51.3 Å². The number of anilines is 1. The summed E-state index contributed by atoms with van der Waals surface area (Å²) in [5, 5.41) is 2.60. The van der Waals surface area contributed by atoms with E-state index >= 15 is 0 Å². The van der Waals surface area contributed by atoms with E-state index in [1.807, 2.05) is 6.92 Å². The molecule has 0 bridgehead atoms. The number of para-hydroxylation sites is 2. The summed E-state index contributed by atoms with van der Waals surface area (Å²) in [7, 11) is 1.48. The normalized spacial score (nSPS) is 13.6. The Morgan fingerprint density at radius 3 is 2.47 bits per heavy atom. The fraction of sp³-hybridized carbons (Fsp3) is 0.273. The van der Waals surface area contributed by atoms with Gasteiger partial charge in [0.2, 0.25) is 0 Å². The van der Waals surface area contributed by atoms with Crippen LogP contribution < -0.4 is 10.1 Å². The molecule has 3 amide bonds. The lowest BCUT2D eigenvalue weighted by molar-refractivity contribution is -0.119. The molecule has 3 rings (SSSR count). The molecule has 0 radical (unpaired) electrons. The summed E-state index contributed by atoms with van der Waals surface area (Å²) in [4.78, 5) is 50.7.